The Morgan fingerprint density at radius 3 is 2.60 bits per heavy atom. The molecule has 1 atom stereocenters. The summed E-state index contributed by atoms with van der Waals surface area (Å²) in [7, 11) is 0. The van der Waals surface area contributed by atoms with Gasteiger partial charge in [0.2, 0.25) is 11.8 Å². The molecule has 0 bridgehead atoms. The summed E-state index contributed by atoms with van der Waals surface area (Å²) < 4.78 is 0. The maximum atomic E-state index is 11.7. The SMILES string of the molecule is CC.O=C1CC[C@@H]([N-]C(=O)c2[c-]cccc2)C(=O)N1.[W+2]. The molecule has 20 heavy (non-hydrogen) atoms. The molecular formula is C14H16N2O3W. The van der Waals surface area contributed by atoms with Gasteiger partial charge in [0.25, 0.3) is 0 Å². The molecule has 1 aromatic rings. The van der Waals surface area contributed by atoms with Crippen LogP contribution in [0.1, 0.15) is 37.0 Å². The minimum absolute atomic E-state index is 0. The second kappa shape index (κ2) is 9.43. The minimum atomic E-state index is -0.770. The third kappa shape index (κ3) is 5.25. The zero-order chi connectivity index (χ0) is 14.3. The molecule has 1 aliphatic rings. The number of amides is 3. The van der Waals surface area contributed by atoms with Crippen molar-refractivity contribution >= 4 is 17.7 Å². The van der Waals surface area contributed by atoms with Crippen LogP contribution in [0.2, 0.25) is 0 Å². The van der Waals surface area contributed by atoms with E-state index >= 15 is 0 Å². The van der Waals surface area contributed by atoms with Crippen molar-refractivity contribution in [2.45, 2.75) is 32.7 Å². The van der Waals surface area contributed by atoms with Gasteiger partial charge in [-0.15, -0.1) is 35.9 Å². The summed E-state index contributed by atoms with van der Waals surface area (Å²) >= 11 is 0. The van der Waals surface area contributed by atoms with Gasteiger partial charge in [0.1, 0.15) is 0 Å². The number of benzene rings is 1. The van der Waals surface area contributed by atoms with Crippen LogP contribution in [0.3, 0.4) is 0 Å². The van der Waals surface area contributed by atoms with Crippen LogP contribution in [0.25, 0.3) is 5.32 Å². The van der Waals surface area contributed by atoms with E-state index in [2.05, 4.69) is 16.7 Å². The smallest absolute Gasteiger partial charge is 0.684 e. The van der Waals surface area contributed by atoms with Gasteiger partial charge in [-0.05, 0) is 18.4 Å². The number of imide groups is 1. The summed E-state index contributed by atoms with van der Waals surface area (Å²) in [5, 5.41) is 5.94. The fourth-order valence-electron chi connectivity index (χ4n) is 1.54. The van der Waals surface area contributed by atoms with Gasteiger partial charge in [0.05, 0.1) is 0 Å². The number of carbonyl (C=O) groups excluding carboxylic acids is 3. The topological polar surface area (TPSA) is 77.3 Å². The Morgan fingerprint density at radius 1 is 1.35 bits per heavy atom. The van der Waals surface area contributed by atoms with Crippen molar-refractivity contribution in [2.75, 3.05) is 0 Å². The Bertz CT molecular complexity index is 463. The van der Waals surface area contributed by atoms with E-state index < -0.39 is 17.9 Å². The summed E-state index contributed by atoms with van der Waals surface area (Å²) in [6.07, 6.45) is 0.495. The standard InChI is InChI=1S/C12H11N2O3.C2H6.W/c15-10-7-6-9(12(17)14-10)13-11(16)8-4-2-1-3-5-8;1-2;/h1-4,9H,6-7H2,(H2,13,14,15,16,17);1-2H3;/q-1;;+2/p-1/t9-;;/m1../s1. The van der Waals surface area contributed by atoms with Crippen LogP contribution in [-0.4, -0.2) is 23.8 Å². The van der Waals surface area contributed by atoms with E-state index in [0.29, 0.717) is 5.56 Å². The third-order valence-electron chi connectivity index (χ3n) is 2.42. The van der Waals surface area contributed by atoms with Crippen LogP contribution < -0.4 is 5.32 Å². The number of hydrogen-bond donors (Lipinski definition) is 1. The number of nitrogens with one attached hydrogen (secondary N) is 1. The summed E-state index contributed by atoms with van der Waals surface area (Å²) in [5.74, 6) is -1.31. The molecule has 106 valence electrons. The second-order valence-corrected chi connectivity index (χ2v) is 3.68. The molecule has 1 N–H and O–H groups in total. The molecule has 6 heteroatoms. The molecule has 0 unspecified atom stereocenters. The first-order valence-electron chi connectivity index (χ1n) is 6.22. The Morgan fingerprint density at radius 2 is 2.05 bits per heavy atom. The largest absolute Gasteiger partial charge is 2.00 e. The van der Waals surface area contributed by atoms with Crippen molar-refractivity contribution in [3.8, 4) is 0 Å². The van der Waals surface area contributed by atoms with E-state index in [1.165, 1.54) is 0 Å². The Balaban J connectivity index is 0.00000115. The molecule has 0 saturated carbocycles. The van der Waals surface area contributed by atoms with Crippen LogP contribution in [0.15, 0.2) is 24.3 Å². The molecule has 0 radical (unpaired) electrons. The van der Waals surface area contributed by atoms with E-state index in [-0.39, 0.29) is 39.8 Å². The number of hydrogen-bond acceptors (Lipinski definition) is 3. The van der Waals surface area contributed by atoms with Crippen molar-refractivity contribution in [1.82, 2.24) is 5.32 Å². The molecule has 0 aromatic heterocycles. The van der Waals surface area contributed by atoms with Gasteiger partial charge in [0.15, 0.2) is 0 Å². The Hall–Kier alpha value is -1.48. The van der Waals surface area contributed by atoms with Crippen LogP contribution >= 0.6 is 0 Å². The molecule has 3 amide bonds. The summed E-state index contributed by atoms with van der Waals surface area (Å²) in [6.45, 7) is 4.00. The van der Waals surface area contributed by atoms with Gasteiger partial charge < -0.3 is 10.1 Å². The van der Waals surface area contributed by atoms with E-state index in [0.717, 1.165) is 0 Å². The molecule has 1 heterocycles. The van der Waals surface area contributed by atoms with Gasteiger partial charge in [0, 0.05) is 6.42 Å². The van der Waals surface area contributed by atoms with Crippen LogP contribution in [-0.2, 0) is 30.7 Å². The predicted molar refractivity (Wildman–Crippen MR) is 70.5 cm³/mol. The first kappa shape index (κ1) is 18.5. The number of nitrogens with zero attached hydrogens (tertiary/aromatic N) is 1. The van der Waals surface area contributed by atoms with Crippen LogP contribution in [0, 0.1) is 6.07 Å². The first-order valence-corrected chi connectivity index (χ1v) is 6.22. The van der Waals surface area contributed by atoms with Crippen molar-refractivity contribution < 1.29 is 35.4 Å². The summed E-state index contributed by atoms with van der Waals surface area (Å²) in [6, 6.07) is 8.59. The Labute approximate surface area is 132 Å². The molecular weight excluding hydrogens is 428 g/mol. The fourth-order valence-corrected chi connectivity index (χ4v) is 1.54. The van der Waals surface area contributed by atoms with E-state index in [9.17, 15) is 14.4 Å². The average Bonchev–Trinajstić information content (AvgIpc) is 2.45. The molecule has 1 aromatic carbocycles. The number of carbonyl (C=O) groups is 3. The molecule has 1 aliphatic heterocycles. The summed E-state index contributed by atoms with van der Waals surface area (Å²) in [5.41, 5.74) is 0.317. The fraction of sp³-hybridized carbons (Fsp3) is 0.357. The first-order chi connectivity index (χ1) is 9.16. The van der Waals surface area contributed by atoms with Crippen molar-refractivity contribution in [1.29, 1.82) is 0 Å². The molecule has 2 rings (SSSR count). The van der Waals surface area contributed by atoms with Crippen molar-refractivity contribution in [2.24, 2.45) is 0 Å². The van der Waals surface area contributed by atoms with E-state index in [1.54, 1.807) is 24.3 Å². The molecule has 0 spiro atoms. The van der Waals surface area contributed by atoms with Gasteiger partial charge in [-0.2, -0.15) is 0 Å². The third-order valence-corrected chi connectivity index (χ3v) is 2.42. The van der Waals surface area contributed by atoms with E-state index in [4.69, 9.17) is 0 Å². The Kier molecular flexibility index (Phi) is 8.73. The number of piperidine rings is 1. The zero-order valence-corrected chi connectivity index (χ0v) is 14.3. The van der Waals surface area contributed by atoms with Gasteiger partial charge in [-0.3, -0.25) is 14.9 Å². The van der Waals surface area contributed by atoms with E-state index in [1.807, 2.05) is 13.8 Å². The monoisotopic (exact) mass is 444 g/mol. The van der Waals surface area contributed by atoms with Gasteiger partial charge in [-0.1, -0.05) is 13.8 Å². The van der Waals surface area contributed by atoms with Crippen LogP contribution in [0.4, 0.5) is 0 Å². The number of rotatable bonds is 2. The van der Waals surface area contributed by atoms with Gasteiger partial charge in [-0.25, -0.2) is 0 Å². The summed E-state index contributed by atoms with van der Waals surface area (Å²) in [4.78, 5) is 34.0. The predicted octanol–water partition coefficient (Wildman–Crippen LogP) is 1.83. The molecule has 1 fully saturated rings. The minimum Gasteiger partial charge on any atom is -0.684 e. The van der Waals surface area contributed by atoms with Gasteiger partial charge >= 0.3 is 21.1 Å². The quantitative estimate of drug-likeness (QED) is 0.559. The van der Waals surface area contributed by atoms with Crippen molar-refractivity contribution in [3.63, 3.8) is 0 Å². The normalized spacial score (nSPS) is 17.0. The molecule has 1 saturated heterocycles. The second-order valence-electron chi connectivity index (χ2n) is 3.68. The molecule has 5 nitrogen and oxygen atoms in total. The van der Waals surface area contributed by atoms with Crippen LogP contribution in [0.5, 0.6) is 0 Å². The zero-order valence-electron chi connectivity index (χ0n) is 11.4. The average molecular weight is 444 g/mol. The van der Waals surface area contributed by atoms with Crippen molar-refractivity contribution in [3.05, 3.63) is 41.2 Å². The maximum Gasteiger partial charge on any atom is 2.00 e. The molecule has 0 aliphatic carbocycles. The maximum absolute atomic E-state index is 11.7.